The highest BCUT2D eigenvalue weighted by Crippen LogP contribution is 2.50. The average molecular weight is 947 g/mol. The quantitative estimate of drug-likeness (QED) is 0.0404. The van der Waals surface area contributed by atoms with Crippen LogP contribution in [0.15, 0.2) is 122 Å². The van der Waals surface area contributed by atoms with E-state index in [4.69, 9.17) is 17.0 Å². The summed E-state index contributed by atoms with van der Waals surface area (Å²) in [5.74, 6) is 0.386. The van der Waals surface area contributed by atoms with Gasteiger partial charge in [0.15, 0.2) is 5.71 Å². The van der Waals surface area contributed by atoms with Crippen molar-refractivity contribution in [3.63, 3.8) is 0 Å². The minimum Gasteiger partial charge on any atom is -0.457 e. The van der Waals surface area contributed by atoms with E-state index in [1.165, 1.54) is 24.3 Å². The van der Waals surface area contributed by atoms with Gasteiger partial charge in [0.25, 0.3) is 30.4 Å². The van der Waals surface area contributed by atoms with Crippen molar-refractivity contribution >= 4 is 80.8 Å². The summed E-state index contributed by atoms with van der Waals surface area (Å²) in [6, 6.07) is 14.4. The highest BCUT2D eigenvalue weighted by atomic mass is 32.2. The molecule has 3 aliphatic rings. The molecule has 3 aromatic rings. The van der Waals surface area contributed by atoms with Crippen molar-refractivity contribution in [2.45, 2.75) is 80.4 Å². The molecule has 0 saturated carbocycles. The SMILES string of the molecule is CC1(C)C(=CC=C2CCCC(C=CC3=[N+](CCCCS(=O)(=O)O)c4ccc(S(=O)(=O)O)cc4C3(C)C)=C2Oc2ccc(N=C=S)cc2)N(S(=O)(=O)O)c2ccc(S(=O)(=O)O)cc21. The zero-order valence-electron chi connectivity index (χ0n) is 33.9. The van der Waals surface area contributed by atoms with Crippen LogP contribution in [0.25, 0.3) is 0 Å². The molecule has 330 valence electrons. The summed E-state index contributed by atoms with van der Waals surface area (Å²) in [6.07, 6.45) is 8.96. The third-order valence-electron chi connectivity index (χ3n) is 11.0. The van der Waals surface area contributed by atoms with Gasteiger partial charge in [-0.25, -0.2) is 4.31 Å². The predicted octanol–water partition coefficient (Wildman–Crippen LogP) is 7.44. The third-order valence-corrected chi connectivity index (χ3v) is 14.5. The number of benzene rings is 3. The molecule has 0 fully saturated rings. The van der Waals surface area contributed by atoms with Gasteiger partial charge in [-0.15, -0.1) is 0 Å². The molecule has 16 nitrogen and oxygen atoms in total. The highest BCUT2D eigenvalue weighted by molar-refractivity contribution is 7.87. The number of anilines is 1. The van der Waals surface area contributed by atoms with E-state index in [1.807, 2.05) is 30.6 Å². The highest BCUT2D eigenvalue weighted by Gasteiger charge is 2.46. The van der Waals surface area contributed by atoms with Crippen LogP contribution in [0.2, 0.25) is 0 Å². The van der Waals surface area contributed by atoms with Gasteiger partial charge in [0, 0.05) is 35.2 Å². The van der Waals surface area contributed by atoms with Gasteiger partial charge in [0.05, 0.1) is 37.5 Å². The second kappa shape index (κ2) is 17.1. The van der Waals surface area contributed by atoms with Crippen molar-refractivity contribution < 1.29 is 61.2 Å². The summed E-state index contributed by atoms with van der Waals surface area (Å²) in [5.41, 5.74) is 2.06. The predicted molar refractivity (Wildman–Crippen MR) is 236 cm³/mol. The zero-order valence-corrected chi connectivity index (χ0v) is 38.0. The number of fused-ring (bicyclic) bond motifs is 2. The smallest absolute Gasteiger partial charge is 0.364 e. The summed E-state index contributed by atoms with van der Waals surface area (Å²) >= 11 is 4.74. The third kappa shape index (κ3) is 9.92. The molecule has 0 atom stereocenters. The van der Waals surface area contributed by atoms with Crippen LogP contribution < -0.4 is 9.04 Å². The molecule has 21 heteroatoms. The monoisotopic (exact) mass is 946 g/mol. The van der Waals surface area contributed by atoms with Crippen LogP contribution in [0.5, 0.6) is 5.75 Å². The minimum absolute atomic E-state index is 0.00338. The molecule has 0 aromatic heterocycles. The zero-order chi connectivity index (χ0) is 45.6. The Bertz CT molecular complexity index is 3020. The van der Waals surface area contributed by atoms with Crippen LogP contribution in [0.4, 0.5) is 17.1 Å². The molecule has 0 unspecified atom stereocenters. The first-order valence-electron chi connectivity index (χ1n) is 19.0. The van der Waals surface area contributed by atoms with Gasteiger partial charge in [-0.05, 0) is 135 Å². The van der Waals surface area contributed by atoms with Gasteiger partial charge in [-0.3, -0.25) is 18.2 Å². The molecule has 62 heavy (non-hydrogen) atoms. The lowest BCUT2D eigenvalue weighted by molar-refractivity contribution is -0.438. The number of unbranched alkanes of at least 4 members (excludes halogenated alkanes) is 1. The largest absolute Gasteiger partial charge is 0.457 e. The van der Waals surface area contributed by atoms with Crippen LogP contribution in [0.1, 0.15) is 70.9 Å². The van der Waals surface area contributed by atoms with Crippen molar-refractivity contribution in [1.82, 2.24) is 0 Å². The van der Waals surface area contributed by atoms with E-state index < -0.39 is 62.1 Å². The van der Waals surface area contributed by atoms with Gasteiger partial charge in [-0.2, -0.15) is 43.2 Å². The Balaban J connectivity index is 1.50. The van der Waals surface area contributed by atoms with Crippen LogP contribution >= 0.6 is 12.2 Å². The summed E-state index contributed by atoms with van der Waals surface area (Å²) in [4.78, 5) is 3.25. The number of aliphatic imine (C=N–C) groups is 1. The summed E-state index contributed by atoms with van der Waals surface area (Å²) in [5, 5.41) is 2.31. The van der Waals surface area contributed by atoms with Crippen molar-refractivity contribution in [2.75, 3.05) is 16.6 Å². The number of nitrogens with zero attached hydrogens (tertiary/aromatic N) is 3. The standard InChI is InChI=1S/C41H43N3O13S5/c1-40(2)33-24-31(60(48,49)50)16-18-35(33)43(22-5-6-23-59(45,46)47)37(40)20-10-27-8-7-9-28(39(27)57-30-14-12-29(13-15-30)42-26-58)11-21-38-41(3,4)34-25-32(61(51,52)53)17-19-36(34)44(38)62(54,55)56/h10-21,24-25H,5-9,22-23H2,1-4H3,(H3-,45,46,47,48,49,50,51,52,53,54,55,56)/p+1. The Hall–Kier alpha value is -4.67. The molecule has 0 spiro atoms. The first-order valence-corrected chi connectivity index (χ1v) is 25.3. The maximum Gasteiger partial charge on any atom is 0.364 e. The molecule has 2 heterocycles. The summed E-state index contributed by atoms with van der Waals surface area (Å²) < 4.78 is 146. The van der Waals surface area contributed by atoms with E-state index in [9.17, 15) is 51.9 Å². The summed E-state index contributed by atoms with van der Waals surface area (Å²) in [6.45, 7) is 7.35. The summed E-state index contributed by atoms with van der Waals surface area (Å²) in [7, 11) is -18.4. The number of hydrogen-bond donors (Lipinski definition) is 4. The number of thiocarbonyl (C=S) groups is 1. The van der Waals surface area contributed by atoms with Crippen molar-refractivity contribution in [2.24, 2.45) is 4.99 Å². The fraction of sp³-hybridized carbons (Fsp3) is 0.317. The minimum atomic E-state index is -4.95. The molecule has 1 aliphatic carbocycles. The molecule has 6 rings (SSSR count). The maximum absolute atomic E-state index is 12.9. The van der Waals surface area contributed by atoms with E-state index in [0.29, 0.717) is 81.8 Å². The molecule has 0 bridgehead atoms. The van der Waals surface area contributed by atoms with Crippen molar-refractivity contribution in [3.8, 4) is 5.75 Å². The van der Waals surface area contributed by atoms with E-state index in [0.717, 1.165) is 12.1 Å². The maximum atomic E-state index is 12.9. The van der Waals surface area contributed by atoms with Crippen LogP contribution in [0, 0.1) is 0 Å². The Kier molecular flexibility index (Phi) is 12.9. The lowest BCUT2D eigenvalue weighted by Gasteiger charge is -2.25. The first kappa shape index (κ1) is 46.8. The Labute approximate surface area is 366 Å². The molecular weight excluding hydrogens is 903 g/mol. The van der Waals surface area contributed by atoms with E-state index >= 15 is 0 Å². The van der Waals surface area contributed by atoms with E-state index in [-0.39, 0.29) is 28.3 Å². The normalized spacial score (nSPS) is 19.0. The number of isothiocyanates is 1. The molecule has 3 aromatic carbocycles. The van der Waals surface area contributed by atoms with Crippen LogP contribution in [0.3, 0.4) is 0 Å². The molecular formula is C41H44N3O13S5+. The average Bonchev–Trinajstić information content (AvgIpc) is 3.53. The molecule has 0 radical (unpaired) electrons. The Morgan fingerprint density at radius 3 is 2.02 bits per heavy atom. The number of hydrogen-bond acceptors (Lipinski definition) is 11. The Morgan fingerprint density at radius 1 is 0.790 bits per heavy atom. The van der Waals surface area contributed by atoms with Gasteiger partial charge in [0.1, 0.15) is 18.1 Å². The number of rotatable bonds is 14. The van der Waals surface area contributed by atoms with Crippen molar-refractivity contribution in [3.05, 3.63) is 119 Å². The fourth-order valence-electron chi connectivity index (χ4n) is 7.98. The second-order valence-electron chi connectivity index (χ2n) is 15.9. The van der Waals surface area contributed by atoms with Gasteiger partial charge in [0.2, 0.25) is 5.69 Å². The van der Waals surface area contributed by atoms with Gasteiger partial charge >= 0.3 is 10.3 Å². The second-order valence-corrected chi connectivity index (χ2v) is 21.8. The fourth-order valence-corrected chi connectivity index (χ4v) is 10.6. The van der Waals surface area contributed by atoms with Crippen LogP contribution in [-0.4, -0.2) is 79.6 Å². The van der Waals surface area contributed by atoms with Gasteiger partial charge in [-0.1, -0.05) is 19.9 Å². The molecule has 0 amide bonds. The number of ether oxygens (including phenoxy) is 1. The van der Waals surface area contributed by atoms with E-state index in [2.05, 4.69) is 10.2 Å². The molecule has 2 aliphatic heterocycles. The van der Waals surface area contributed by atoms with E-state index in [1.54, 1.807) is 50.3 Å². The lowest BCUT2D eigenvalue weighted by atomic mass is 9.81. The van der Waals surface area contributed by atoms with Gasteiger partial charge < -0.3 is 4.74 Å². The van der Waals surface area contributed by atoms with Crippen molar-refractivity contribution in [1.29, 1.82) is 0 Å². The number of allylic oxidation sites excluding steroid dienone is 7. The Morgan fingerprint density at radius 2 is 1.42 bits per heavy atom. The lowest BCUT2D eigenvalue weighted by Crippen LogP contribution is -2.31. The molecule has 0 saturated heterocycles. The first-order chi connectivity index (χ1) is 28.7. The topological polar surface area (TPSA) is 245 Å². The van der Waals surface area contributed by atoms with Crippen LogP contribution in [-0.2, 0) is 51.5 Å². The molecule has 4 N–H and O–H groups in total.